The molecule has 1 N–H and O–H groups in total. The molecule has 0 aromatic heterocycles. The first-order valence-electron chi connectivity index (χ1n) is 7.40. The smallest absolute Gasteiger partial charge is 0.118 e. The monoisotopic (exact) mass is 264 g/mol. The highest BCUT2D eigenvalue weighted by Crippen LogP contribution is 2.32. The van der Waals surface area contributed by atoms with E-state index in [1.807, 2.05) is 31.2 Å². The van der Waals surface area contributed by atoms with E-state index in [1.54, 1.807) is 7.11 Å². The Hall–Kier alpha value is -1.02. The Kier molecular flexibility index (Phi) is 6.36. The van der Waals surface area contributed by atoms with E-state index >= 15 is 0 Å². The maximum absolute atomic E-state index is 10.7. The van der Waals surface area contributed by atoms with E-state index in [9.17, 15) is 5.11 Å². The molecule has 0 spiro atoms. The molecule has 2 unspecified atom stereocenters. The summed E-state index contributed by atoms with van der Waals surface area (Å²) in [7, 11) is 1.66. The zero-order valence-electron chi connectivity index (χ0n) is 12.8. The first kappa shape index (κ1) is 16.0. The number of methoxy groups -OCH3 is 1. The molecule has 2 nitrogen and oxygen atoms in total. The van der Waals surface area contributed by atoms with Crippen molar-refractivity contribution < 1.29 is 9.84 Å². The standard InChI is InChI=1S/C17H28O2/c1-5-7-8-14(6-2)13-17(3,18)15-9-11-16(19-4)12-10-15/h9-12,14,18H,5-8,13H2,1-4H3. The van der Waals surface area contributed by atoms with Crippen LogP contribution in [0.1, 0.15) is 58.4 Å². The topological polar surface area (TPSA) is 29.5 Å². The van der Waals surface area contributed by atoms with Crippen molar-refractivity contribution in [3.8, 4) is 5.75 Å². The van der Waals surface area contributed by atoms with Crippen molar-refractivity contribution in [3.05, 3.63) is 29.8 Å². The molecule has 1 aromatic carbocycles. The number of hydrogen-bond acceptors (Lipinski definition) is 2. The number of benzene rings is 1. The summed E-state index contributed by atoms with van der Waals surface area (Å²) in [6, 6.07) is 7.75. The van der Waals surface area contributed by atoms with Crippen LogP contribution >= 0.6 is 0 Å². The van der Waals surface area contributed by atoms with E-state index < -0.39 is 5.60 Å². The van der Waals surface area contributed by atoms with Gasteiger partial charge < -0.3 is 9.84 Å². The molecule has 0 amide bonds. The van der Waals surface area contributed by atoms with Gasteiger partial charge >= 0.3 is 0 Å². The molecule has 0 heterocycles. The van der Waals surface area contributed by atoms with Crippen molar-refractivity contribution in [2.24, 2.45) is 5.92 Å². The van der Waals surface area contributed by atoms with Gasteiger partial charge in [0.1, 0.15) is 5.75 Å². The zero-order chi connectivity index (χ0) is 14.3. The molecule has 0 saturated heterocycles. The van der Waals surface area contributed by atoms with Crippen LogP contribution in [0.15, 0.2) is 24.3 Å². The molecule has 0 saturated carbocycles. The SMILES string of the molecule is CCCCC(CC)CC(C)(O)c1ccc(OC)cc1. The first-order valence-corrected chi connectivity index (χ1v) is 7.40. The van der Waals surface area contributed by atoms with Crippen molar-refractivity contribution >= 4 is 0 Å². The van der Waals surface area contributed by atoms with Gasteiger partial charge in [0.25, 0.3) is 0 Å². The third-order valence-corrected chi connectivity index (χ3v) is 3.94. The van der Waals surface area contributed by atoms with Gasteiger partial charge in [0, 0.05) is 0 Å². The number of aliphatic hydroxyl groups is 1. The van der Waals surface area contributed by atoms with Crippen molar-refractivity contribution in [1.82, 2.24) is 0 Å². The predicted molar refractivity (Wildman–Crippen MR) is 80.5 cm³/mol. The van der Waals surface area contributed by atoms with Gasteiger partial charge in [0.05, 0.1) is 12.7 Å². The lowest BCUT2D eigenvalue weighted by Gasteiger charge is -2.28. The highest BCUT2D eigenvalue weighted by molar-refractivity contribution is 5.30. The van der Waals surface area contributed by atoms with E-state index in [4.69, 9.17) is 4.74 Å². The van der Waals surface area contributed by atoms with Crippen molar-refractivity contribution in [1.29, 1.82) is 0 Å². The second-order valence-corrected chi connectivity index (χ2v) is 5.62. The largest absolute Gasteiger partial charge is 0.497 e. The third-order valence-electron chi connectivity index (χ3n) is 3.94. The van der Waals surface area contributed by atoms with E-state index in [2.05, 4.69) is 13.8 Å². The highest BCUT2D eigenvalue weighted by Gasteiger charge is 2.26. The van der Waals surface area contributed by atoms with Gasteiger partial charge in [-0.05, 0) is 37.0 Å². The van der Waals surface area contributed by atoms with Crippen LogP contribution in [0.5, 0.6) is 5.75 Å². The molecule has 1 aromatic rings. The lowest BCUT2D eigenvalue weighted by molar-refractivity contribution is 0.0275. The summed E-state index contributed by atoms with van der Waals surface area (Å²) < 4.78 is 5.16. The summed E-state index contributed by atoms with van der Waals surface area (Å²) in [4.78, 5) is 0. The fraction of sp³-hybridized carbons (Fsp3) is 0.647. The van der Waals surface area contributed by atoms with Crippen LogP contribution < -0.4 is 4.74 Å². The number of unbranched alkanes of at least 4 members (excludes halogenated alkanes) is 1. The van der Waals surface area contributed by atoms with Gasteiger partial charge in [-0.15, -0.1) is 0 Å². The van der Waals surface area contributed by atoms with Gasteiger partial charge in [-0.2, -0.15) is 0 Å². The van der Waals surface area contributed by atoms with E-state index in [1.165, 1.54) is 19.3 Å². The molecule has 2 heteroatoms. The molecule has 1 rings (SSSR count). The molecule has 0 aliphatic rings. The molecule has 108 valence electrons. The average molecular weight is 264 g/mol. The molecule has 0 bridgehead atoms. The van der Waals surface area contributed by atoms with Crippen LogP contribution in [0.4, 0.5) is 0 Å². The minimum Gasteiger partial charge on any atom is -0.497 e. The molecular formula is C17H28O2. The van der Waals surface area contributed by atoms with E-state index in [-0.39, 0.29) is 0 Å². The van der Waals surface area contributed by atoms with Gasteiger partial charge in [-0.3, -0.25) is 0 Å². The van der Waals surface area contributed by atoms with Crippen LogP contribution in [0.3, 0.4) is 0 Å². The predicted octanol–water partition coefficient (Wildman–Crippen LogP) is 4.51. The van der Waals surface area contributed by atoms with Gasteiger partial charge in [0.15, 0.2) is 0 Å². The van der Waals surface area contributed by atoms with Crippen molar-refractivity contribution in [2.75, 3.05) is 7.11 Å². The third kappa shape index (κ3) is 4.87. The normalized spacial score (nSPS) is 15.8. The molecular weight excluding hydrogens is 236 g/mol. The maximum atomic E-state index is 10.7. The van der Waals surface area contributed by atoms with Crippen LogP contribution in [0.2, 0.25) is 0 Å². The van der Waals surface area contributed by atoms with Crippen LogP contribution in [-0.2, 0) is 5.60 Å². The van der Waals surface area contributed by atoms with Crippen molar-refractivity contribution in [3.63, 3.8) is 0 Å². The lowest BCUT2D eigenvalue weighted by atomic mass is 9.83. The summed E-state index contributed by atoms with van der Waals surface area (Å²) >= 11 is 0. The fourth-order valence-corrected chi connectivity index (χ4v) is 2.57. The minimum absolute atomic E-state index is 0.594. The number of hydrogen-bond donors (Lipinski definition) is 1. The van der Waals surface area contributed by atoms with E-state index in [0.29, 0.717) is 5.92 Å². The second-order valence-electron chi connectivity index (χ2n) is 5.62. The zero-order valence-corrected chi connectivity index (χ0v) is 12.8. The average Bonchev–Trinajstić information content (AvgIpc) is 2.43. The molecule has 0 radical (unpaired) electrons. The molecule has 19 heavy (non-hydrogen) atoms. The summed E-state index contributed by atoms with van der Waals surface area (Å²) in [5, 5.41) is 10.7. The van der Waals surface area contributed by atoms with Crippen LogP contribution in [-0.4, -0.2) is 12.2 Å². The number of ether oxygens (including phenoxy) is 1. The summed E-state index contributed by atoms with van der Waals surface area (Å²) in [5.74, 6) is 1.43. The molecule has 0 aliphatic carbocycles. The second kappa shape index (κ2) is 7.54. The van der Waals surface area contributed by atoms with Crippen molar-refractivity contribution in [2.45, 2.75) is 58.5 Å². The Balaban J connectivity index is 2.71. The first-order chi connectivity index (χ1) is 9.03. The summed E-state index contributed by atoms with van der Waals surface area (Å²) in [6.07, 6.45) is 5.64. The van der Waals surface area contributed by atoms with Gasteiger partial charge in [-0.25, -0.2) is 0 Å². The Morgan fingerprint density at radius 2 is 1.84 bits per heavy atom. The Morgan fingerprint density at radius 1 is 1.21 bits per heavy atom. The van der Waals surface area contributed by atoms with Crippen LogP contribution in [0, 0.1) is 5.92 Å². The van der Waals surface area contributed by atoms with Crippen LogP contribution in [0.25, 0.3) is 0 Å². The molecule has 2 atom stereocenters. The Bertz CT molecular complexity index is 354. The fourth-order valence-electron chi connectivity index (χ4n) is 2.57. The van der Waals surface area contributed by atoms with Gasteiger partial charge in [0.2, 0.25) is 0 Å². The quantitative estimate of drug-likeness (QED) is 0.748. The highest BCUT2D eigenvalue weighted by atomic mass is 16.5. The number of rotatable bonds is 8. The summed E-state index contributed by atoms with van der Waals surface area (Å²) in [5.41, 5.74) is 0.226. The molecule has 0 aliphatic heterocycles. The lowest BCUT2D eigenvalue weighted by Crippen LogP contribution is -2.25. The Labute approximate surface area is 117 Å². The molecule has 0 fully saturated rings. The minimum atomic E-state index is -0.749. The van der Waals surface area contributed by atoms with Gasteiger partial charge in [-0.1, -0.05) is 51.7 Å². The Morgan fingerprint density at radius 3 is 2.32 bits per heavy atom. The summed E-state index contributed by atoms with van der Waals surface area (Å²) in [6.45, 7) is 6.35. The van der Waals surface area contributed by atoms with E-state index in [0.717, 1.165) is 24.2 Å². The maximum Gasteiger partial charge on any atom is 0.118 e.